The van der Waals surface area contributed by atoms with Gasteiger partial charge in [0.15, 0.2) is 11.5 Å². The molecule has 2 aromatic rings. The zero-order chi connectivity index (χ0) is 15.2. The summed E-state index contributed by atoms with van der Waals surface area (Å²) in [6, 6.07) is 10.8. The number of hydrogen-bond donors (Lipinski definition) is 2. The van der Waals surface area contributed by atoms with E-state index in [1.807, 2.05) is 24.3 Å². The average molecular weight is 288 g/mol. The zero-order valence-electron chi connectivity index (χ0n) is 12.3. The lowest BCUT2D eigenvalue weighted by atomic mass is 10.0. The van der Waals surface area contributed by atoms with Crippen LogP contribution in [0.25, 0.3) is 0 Å². The van der Waals surface area contributed by atoms with Crippen molar-refractivity contribution in [3.05, 3.63) is 47.5 Å². The van der Waals surface area contributed by atoms with Gasteiger partial charge in [-0.25, -0.2) is 0 Å². The quantitative estimate of drug-likeness (QED) is 0.856. The number of ether oxygens (including phenoxy) is 2. The molecule has 21 heavy (non-hydrogen) atoms. The fourth-order valence-electron chi connectivity index (χ4n) is 2.40. The van der Waals surface area contributed by atoms with Gasteiger partial charge in [0, 0.05) is 0 Å². The summed E-state index contributed by atoms with van der Waals surface area (Å²) >= 11 is 0. The highest BCUT2D eigenvalue weighted by Crippen LogP contribution is 2.39. The van der Waals surface area contributed by atoms with E-state index in [-0.39, 0.29) is 5.75 Å². The summed E-state index contributed by atoms with van der Waals surface area (Å²) in [5.41, 5.74) is 1.91. The van der Waals surface area contributed by atoms with E-state index in [4.69, 9.17) is 9.47 Å². The standard InChI is InChI=1S/C17H20O4/c1-20-16-13(10-11-15(19)17(16)21-2)8-5-7-12-6-3-4-9-14(12)18/h3-4,6,9-11,18-19H,5,7-8H2,1-2H3. The molecule has 2 N–H and O–H groups in total. The molecule has 2 aromatic carbocycles. The molecule has 4 nitrogen and oxygen atoms in total. The number of para-hydroxylation sites is 1. The molecule has 112 valence electrons. The van der Waals surface area contributed by atoms with Crippen LogP contribution < -0.4 is 9.47 Å². The van der Waals surface area contributed by atoms with Crippen molar-refractivity contribution in [2.45, 2.75) is 19.3 Å². The average Bonchev–Trinajstić information content (AvgIpc) is 2.50. The number of rotatable bonds is 6. The molecule has 0 spiro atoms. The molecule has 0 aliphatic heterocycles. The number of aryl methyl sites for hydroxylation is 2. The third kappa shape index (κ3) is 3.40. The minimum absolute atomic E-state index is 0.0683. The van der Waals surface area contributed by atoms with Crippen LogP contribution in [0.3, 0.4) is 0 Å². The van der Waals surface area contributed by atoms with Gasteiger partial charge in [0.1, 0.15) is 5.75 Å². The molecular formula is C17H20O4. The number of aromatic hydroxyl groups is 2. The van der Waals surface area contributed by atoms with E-state index in [1.165, 1.54) is 7.11 Å². The van der Waals surface area contributed by atoms with Crippen molar-refractivity contribution in [1.82, 2.24) is 0 Å². The SMILES string of the molecule is COc1c(O)ccc(CCCc2ccccc2O)c1OC. The summed E-state index contributed by atoms with van der Waals surface area (Å²) < 4.78 is 10.5. The molecule has 0 aliphatic rings. The molecule has 0 atom stereocenters. The van der Waals surface area contributed by atoms with Gasteiger partial charge in [-0.1, -0.05) is 24.3 Å². The first kappa shape index (κ1) is 15.0. The Bertz CT molecular complexity index is 608. The van der Waals surface area contributed by atoms with Gasteiger partial charge >= 0.3 is 0 Å². The van der Waals surface area contributed by atoms with E-state index in [2.05, 4.69) is 0 Å². The van der Waals surface area contributed by atoms with Crippen LogP contribution in [0.4, 0.5) is 0 Å². The largest absolute Gasteiger partial charge is 0.508 e. The van der Waals surface area contributed by atoms with Crippen molar-refractivity contribution in [3.8, 4) is 23.0 Å². The van der Waals surface area contributed by atoms with Gasteiger partial charge in [-0.05, 0) is 42.5 Å². The highest BCUT2D eigenvalue weighted by Gasteiger charge is 2.14. The van der Waals surface area contributed by atoms with Crippen molar-refractivity contribution in [2.75, 3.05) is 14.2 Å². The first-order valence-corrected chi connectivity index (χ1v) is 6.87. The van der Waals surface area contributed by atoms with Crippen molar-refractivity contribution in [3.63, 3.8) is 0 Å². The maximum Gasteiger partial charge on any atom is 0.203 e. The Balaban J connectivity index is 2.08. The summed E-state index contributed by atoms with van der Waals surface area (Å²) in [7, 11) is 3.06. The number of methoxy groups -OCH3 is 2. The molecular weight excluding hydrogens is 268 g/mol. The third-order valence-corrected chi connectivity index (χ3v) is 3.47. The van der Waals surface area contributed by atoms with Gasteiger partial charge in [0.05, 0.1) is 14.2 Å². The van der Waals surface area contributed by atoms with Crippen LogP contribution in [0.2, 0.25) is 0 Å². The normalized spacial score (nSPS) is 10.4. The number of phenols is 2. The van der Waals surface area contributed by atoms with Crippen LogP contribution in [0.5, 0.6) is 23.0 Å². The lowest BCUT2D eigenvalue weighted by Crippen LogP contribution is -1.98. The zero-order valence-corrected chi connectivity index (χ0v) is 12.3. The highest BCUT2D eigenvalue weighted by atomic mass is 16.5. The Morgan fingerprint density at radius 2 is 1.43 bits per heavy atom. The fourth-order valence-corrected chi connectivity index (χ4v) is 2.40. The molecule has 2 rings (SSSR count). The van der Waals surface area contributed by atoms with Crippen LogP contribution in [0.15, 0.2) is 36.4 Å². The van der Waals surface area contributed by atoms with Crippen LogP contribution in [-0.2, 0) is 12.8 Å². The van der Waals surface area contributed by atoms with Crippen molar-refractivity contribution in [2.24, 2.45) is 0 Å². The molecule has 0 amide bonds. The second-order valence-electron chi connectivity index (χ2n) is 4.79. The van der Waals surface area contributed by atoms with Gasteiger partial charge in [0.2, 0.25) is 5.75 Å². The van der Waals surface area contributed by atoms with Crippen LogP contribution in [0.1, 0.15) is 17.5 Å². The Hall–Kier alpha value is -2.36. The smallest absolute Gasteiger partial charge is 0.203 e. The number of benzene rings is 2. The van der Waals surface area contributed by atoms with E-state index >= 15 is 0 Å². The molecule has 0 unspecified atom stereocenters. The Kier molecular flexibility index (Phi) is 4.93. The van der Waals surface area contributed by atoms with Crippen LogP contribution in [-0.4, -0.2) is 24.4 Å². The second kappa shape index (κ2) is 6.88. The Morgan fingerprint density at radius 3 is 2.10 bits per heavy atom. The Labute approximate surface area is 124 Å². The monoisotopic (exact) mass is 288 g/mol. The van der Waals surface area contributed by atoms with E-state index in [9.17, 15) is 10.2 Å². The predicted octanol–water partition coefficient (Wildman–Crippen LogP) is 3.29. The summed E-state index contributed by atoms with van der Waals surface area (Å²) in [5, 5.41) is 19.5. The van der Waals surface area contributed by atoms with E-state index in [1.54, 1.807) is 19.2 Å². The summed E-state index contributed by atoms with van der Waals surface area (Å²) in [4.78, 5) is 0. The maximum atomic E-state index is 9.75. The summed E-state index contributed by atoms with van der Waals surface area (Å²) in [6.07, 6.45) is 2.41. The minimum Gasteiger partial charge on any atom is -0.508 e. The number of phenolic OH excluding ortho intramolecular Hbond substituents is 2. The predicted molar refractivity (Wildman–Crippen MR) is 81.3 cm³/mol. The second-order valence-corrected chi connectivity index (χ2v) is 4.79. The molecule has 0 aromatic heterocycles. The van der Waals surface area contributed by atoms with E-state index in [0.29, 0.717) is 17.2 Å². The van der Waals surface area contributed by atoms with Crippen LogP contribution in [0, 0.1) is 0 Å². The molecule has 0 saturated heterocycles. The highest BCUT2D eigenvalue weighted by molar-refractivity contribution is 5.55. The molecule has 0 saturated carbocycles. The van der Waals surface area contributed by atoms with Crippen molar-refractivity contribution >= 4 is 0 Å². The van der Waals surface area contributed by atoms with Gasteiger partial charge in [0.25, 0.3) is 0 Å². The lowest BCUT2D eigenvalue weighted by Gasteiger charge is -2.14. The van der Waals surface area contributed by atoms with E-state index < -0.39 is 0 Å². The van der Waals surface area contributed by atoms with E-state index in [0.717, 1.165) is 30.4 Å². The third-order valence-electron chi connectivity index (χ3n) is 3.47. The molecule has 0 aliphatic carbocycles. The number of hydrogen-bond acceptors (Lipinski definition) is 4. The lowest BCUT2D eigenvalue weighted by molar-refractivity contribution is 0.330. The van der Waals surface area contributed by atoms with Gasteiger partial charge in [-0.2, -0.15) is 0 Å². The van der Waals surface area contributed by atoms with Crippen LogP contribution >= 0.6 is 0 Å². The molecule has 0 bridgehead atoms. The molecule has 0 radical (unpaired) electrons. The maximum absolute atomic E-state index is 9.75. The fraction of sp³-hybridized carbons (Fsp3) is 0.294. The summed E-state index contributed by atoms with van der Waals surface area (Å²) in [6.45, 7) is 0. The van der Waals surface area contributed by atoms with Gasteiger partial charge in [-0.3, -0.25) is 0 Å². The van der Waals surface area contributed by atoms with Crippen molar-refractivity contribution in [1.29, 1.82) is 0 Å². The first-order valence-electron chi connectivity index (χ1n) is 6.87. The molecule has 4 heteroatoms. The topological polar surface area (TPSA) is 58.9 Å². The minimum atomic E-state index is 0.0683. The first-order chi connectivity index (χ1) is 10.2. The van der Waals surface area contributed by atoms with Gasteiger partial charge in [-0.15, -0.1) is 0 Å². The van der Waals surface area contributed by atoms with Gasteiger partial charge < -0.3 is 19.7 Å². The molecule has 0 fully saturated rings. The van der Waals surface area contributed by atoms with Crippen molar-refractivity contribution < 1.29 is 19.7 Å². The summed E-state index contributed by atoms with van der Waals surface area (Å²) in [5.74, 6) is 1.32. The Morgan fingerprint density at radius 1 is 0.762 bits per heavy atom. The molecule has 0 heterocycles.